The third-order valence-electron chi connectivity index (χ3n) is 4.30. The zero-order chi connectivity index (χ0) is 22.6. The number of rotatable bonds is 7. The number of benzene rings is 2. The first-order valence-corrected chi connectivity index (χ1v) is 9.78. The summed E-state index contributed by atoms with van der Waals surface area (Å²) in [7, 11) is 0. The number of aromatic hydroxyl groups is 1. The molecule has 31 heavy (non-hydrogen) atoms. The molecule has 0 aliphatic carbocycles. The molecule has 0 saturated carbocycles. The van der Waals surface area contributed by atoms with E-state index in [0.717, 1.165) is 6.42 Å². The fourth-order valence-electron chi connectivity index (χ4n) is 2.65. The van der Waals surface area contributed by atoms with Crippen LogP contribution in [0.1, 0.15) is 20.3 Å². The van der Waals surface area contributed by atoms with Gasteiger partial charge < -0.3 is 20.5 Å². The van der Waals surface area contributed by atoms with Crippen molar-refractivity contribution in [2.75, 3.05) is 10.6 Å². The largest absolute Gasteiger partial charge is 0.573 e. The molecule has 1 heterocycles. The molecule has 164 valence electrons. The average molecular weight is 453 g/mol. The van der Waals surface area contributed by atoms with Gasteiger partial charge >= 0.3 is 6.36 Å². The minimum atomic E-state index is -4.80. The van der Waals surface area contributed by atoms with Crippen LogP contribution in [0.2, 0.25) is 5.02 Å². The van der Waals surface area contributed by atoms with Gasteiger partial charge in [-0.05, 0) is 43.7 Å². The van der Waals surface area contributed by atoms with Gasteiger partial charge in [0.05, 0.1) is 11.4 Å². The molecular formula is C21H20ClF3N4O2. The molecule has 3 rings (SSSR count). The van der Waals surface area contributed by atoms with Crippen LogP contribution in [0.4, 0.5) is 30.6 Å². The molecule has 0 amide bonds. The van der Waals surface area contributed by atoms with Crippen LogP contribution in [0.15, 0.2) is 48.5 Å². The van der Waals surface area contributed by atoms with E-state index in [9.17, 15) is 18.3 Å². The summed E-state index contributed by atoms with van der Waals surface area (Å²) >= 11 is 6.00. The zero-order valence-corrected chi connectivity index (χ0v) is 17.4. The predicted molar refractivity (Wildman–Crippen MR) is 114 cm³/mol. The highest BCUT2D eigenvalue weighted by Gasteiger charge is 2.31. The summed E-state index contributed by atoms with van der Waals surface area (Å²) in [6.07, 6.45) is -4.00. The summed E-state index contributed by atoms with van der Waals surface area (Å²) in [6.45, 7) is 3.94. The molecule has 0 spiro atoms. The fraction of sp³-hybridized carbons (Fsp3) is 0.238. The summed E-state index contributed by atoms with van der Waals surface area (Å²) in [4.78, 5) is 8.82. The van der Waals surface area contributed by atoms with E-state index < -0.39 is 6.36 Å². The van der Waals surface area contributed by atoms with E-state index in [-0.39, 0.29) is 23.5 Å². The van der Waals surface area contributed by atoms with Gasteiger partial charge in [0.25, 0.3) is 0 Å². The lowest BCUT2D eigenvalue weighted by Crippen LogP contribution is -2.17. The molecule has 3 N–H and O–H groups in total. The first-order valence-electron chi connectivity index (χ1n) is 9.40. The van der Waals surface area contributed by atoms with E-state index in [2.05, 4.69) is 25.3 Å². The Morgan fingerprint density at radius 1 is 1.13 bits per heavy atom. The summed E-state index contributed by atoms with van der Waals surface area (Å²) in [5, 5.41) is 16.6. The second-order valence-corrected chi connectivity index (χ2v) is 7.21. The highest BCUT2D eigenvalue weighted by atomic mass is 35.5. The van der Waals surface area contributed by atoms with Crippen LogP contribution >= 0.6 is 11.6 Å². The number of anilines is 3. The molecule has 0 aliphatic rings. The number of nitrogens with one attached hydrogen (secondary N) is 2. The molecule has 0 radical (unpaired) electrons. The topological polar surface area (TPSA) is 79.3 Å². The van der Waals surface area contributed by atoms with Crippen LogP contribution in [0, 0.1) is 0 Å². The molecule has 0 fully saturated rings. The molecule has 0 aliphatic heterocycles. The number of hydrogen-bond acceptors (Lipinski definition) is 6. The molecule has 2 aromatic carbocycles. The Morgan fingerprint density at radius 3 is 2.61 bits per heavy atom. The van der Waals surface area contributed by atoms with Gasteiger partial charge in [-0.3, -0.25) is 0 Å². The number of halogens is 4. The zero-order valence-electron chi connectivity index (χ0n) is 16.7. The third-order valence-corrected chi connectivity index (χ3v) is 4.53. The molecule has 1 aromatic heterocycles. The van der Waals surface area contributed by atoms with Gasteiger partial charge in [-0.25, -0.2) is 4.98 Å². The molecule has 10 heteroatoms. The van der Waals surface area contributed by atoms with Crippen molar-refractivity contribution in [3.05, 3.63) is 53.6 Å². The molecule has 0 unspecified atom stereocenters. The van der Waals surface area contributed by atoms with Crippen molar-refractivity contribution in [2.24, 2.45) is 0 Å². The van der Waals surface area contributed by atoms with Crippen LogP contribution in [0.25, 0.3) is 11.3 Å². The fourth-order valence-corrected chi connectivity index (χ4v) is 2.82. The molecule has 1 atom stereocenters. The van der Waals surface area contributed by atoms with Crippen molar-refractivity contribution in [3.8, 4) is 22.8 Å². The Kier molecular flexibility index (Phi) is 6.74. The lowest BCUT2D eigenvalue weighted by atomic mass is 10.1. The number of aromatic nitrogens is 2. The Hall–Kier alpha value is -3.20. The van der Waals surface area contributed by atoms with E-state index in [1.54, 1.807) is 12.1 Å². The lowest BCUT2D eigenvalue weighted by Gasteiger charge is -2.15. The summed E-state index contributed by atoms with van der Waals surface area (Å²) in [5.41, 5.74) is 1.08. The van der Waals surface area contributed by atoms with Crippen LogP contribution in [-0.4, -0.2) is 27.5 Å². The van der Waals surface area contributed by atoms with Gasteiger partial charge in [0.1, 0.15) is 17.3 Å². The number of nitrogens with zero attached hydrogens (tertiary/aromatic N) is 2. The first kappa shape index (κ1) is 22.5. The Balaban J connectivity index is 2.01. The average Bonchev–Trinajstić information content (AvgIpc) is 2.69. The van der Waals surface area contributed by atoms with Crippen LogP contribution < -0.4 is 15.4 Å². The maximum atomic E-state index is 12.6. The monoisotopic (exact) mass is 452 g/mol. The maximum absolute atomic E-state index is 12.6. The molecule has 0 saturated heterocycles. The number of ether oxygens (including phenoxy) is 1. The van der Waals surface area contributed by atoms with E-state index >= 15 is 0 Å². The van der Waals surface area contributed by atoms with Crippen molar-refractivity contribution in [1.82, 2.24) is 9.97 Å². The van der Waals surface area contributed by atoms with E-state index in [1.807, 2.05) is 13.8 Å². The second-order valence-electron chi connectivity index (χ2n) is 6.78. The lowest BCUT2D eigenvalue weighted by molar-refractivity contribution is -0.274. The van der Waals surface area contributed by atoms with Crippen molar-refractivity contribution in [3.63, 3.8) is 0 Å². The third kappa shape index (κ3) is 6.39. The van der Waals surface area contributed by atoms with Crippen molar-refractivity contribution in [2.45, 2.75) is 32.7 Å². The quantitative estimate of drug-likeness (QED) is 0.362. The Bertz CT molecular complexity index is 1060. The Morgan fingerprint density at radius 2 is 1.90 bits per heavy atom. The van der Waals surface area contributed by atoms with Gasteiger partial charge in [0.2, 0.25) is 5.95 Å². The van der Waals surface area contributed by atoms with Crippen molar-refractivity contribution < 1.29 is 23.0 Å². The van der Waals surface area contributed by atoms with Gasteiger partial charge in [-0.2, -0.15) is 4.98 Å². The molecule has 3 aromatic rings. The number of phenolic OH excluding ortho intramolecular Hbond substituents is 1. The number of hydrogen-bond donors (Lipinski definition) is 3. The maximum Gasteiger partial charge on any atom is 0.573 e. The van der Waals surface area contributed by atoms with Crippen LogP contribution in [0.3, 0.4) is 0 Å². The normalized spacial score (nSPS) is 12.3. The van der Waals surface area contributed by atoms with Crippen molar-refractivity contribution in [1.29, 1.82) is 0 Å². The minimum Gasteiger partial charge on any atom is -0.506 e. The van der Waals surface area contributed by atoms with Crippen LogP contribution in [-0.2, 0) is 0 Å². The minimum absolute atomic E-state index is 0.0402. The van der Waals surface area contributed by atoms with Gasteiger partial charge in [0.15, 0.2) is 0 Å². The first-order chi connectivity index (χ1) is 14.6. The highest BCUT2D eigenvalue weighted by Crippen LogP contribution is 2.32. The molecule has 0 bridgehead atoms. The number of alkyl halides is 3. The second kappa shape index (κ2) is 9.30. The standard InChI is InChI=1S/C21H20ClF3N4O2/c1-3-12(2)26-20-28-16(13-5-4-6-15(9-13)31-21(23,24)25)11-19(29-20)27-17-10-14(22)7-8-18(17)30/h4-12,30H,3H2,1-2H3,(H2,26,27,28,29)/t12-/m0/s1. The van der Waals surface area contributed by atoms with Gasteiger partial charge in [-0.15, -0.1) is 13.2 Å². The molecular weight excluding hydrogens is 433 g/mol. The van der Waals surface area contributed by atoms with E-state index in [0.29, 0.717) is 27.8 Å². The predicted octanol–water partition coefficient (Wildman–Crippen LogP) is 6.36. The smallest absolute Gasteiger partial charge is 0.506 e. The van der Waals surface area contributed by atoms with E-state index in [1.165, 1.54) is 36.4 Å². The summed E-state index contributed by atoms with van der Waals surface area (Å²) in [5.74, 6) is 0.192. The van der Waals surface area contributed by atoms with Gasteiger partial charge in [-0.1, -0.05) is 30.7 Å². The Labute approximate surface area is 182 Å². The summed E-state index contributed by atoms with van der Waals surface area (Å²) < 4.78 is 41.8. The van der Waals surface area contributed by atoms with Crippen LogP contribution in [0.5, 0.6) is 11.5 Å². The van der Waals surface area contributed by atoms with Gasteiger partial charge in [0, 0.05) is 22.7 Å². The van der Waals surface area contributed by atoms with E-state index in [4.69, 9.17) is 11.6 Å². The van der Waals surface area contributed by atoms with Crippen molar-refractivity contribution >= 4 is 29.1 Å². The SMILES string of the molecule is CC[C@H](C)Nc1nc(Nc2cc(Cl)ccc2O)cc(-c2cccc(OC(F)(F)F)c2)n1. The number of phenols is 1. The highest BCUT2D eigenvalue weighted by molar-refractivity contribution is 6.31. The molecule has 6 nitrogen and oxygen atoms in total. The summed E-state index contributed by atoms with van der Waals surface area (Å²) in [6, 6.07) is 11.6.